The molecule has 1 heterocycles. The summed E-state index contributed by atoms with van der Waals surface area (Å²) in [5.41, 5.74) is 3.62. The lowest BCUT2D eigenvalue weighted by atomic mass is 10.0. The Balaban J connectivity index is 1.52. The molecule has 5 rings (SSSR count). The maximum Gasteiger partial charge on any atom is 0.272 e. The van der Waals surface area contributed by atoms with Crippen LogP contribution in [-0.4, -0.2) is 30.7 Å². The van der Waals surface area contributed by atoms with Gasteiger partial charge in [-0.25, -0.2) is 4.99 Å². The molecular weight excluding hydrogens is 486 g/mol. The van der Waals surface area contributed by atoms with Crippen LogP contribution in [-0.2, 0) is 9.59 Å². The zero-order valence-electron chi connectivity index (χ0n) is 20.0. The van der Waals surface area contributed by atoms with Crippen molar-refractivity contribution in [3.05, 3.63) is 131 Å². The number of para-hydroxylation sites is 1. The molecule has 4 aromatic carbocycles. The monoisotopic (exact) mass is 509 g/mol. The third kappa shape index (κ3) is 5.25. The largest absolute Gasteiger partial charge is 0.476 e. The van der Waals surface area contributed by atoms with E-state index in [2.05, 4.69) is 5.32 Å². The van der Waals surface area contributed by atoms with Gasteiger partial charge in [-0.15, -0.1) is 0 Å². The van der Waals surface area contributed by atoms with Crippen molar-refractivity contribution in [3.63, 3.8) is 0 Å². The number of rotatable bonds is 6. The number of benzene rings is 4. The molecule has 1 aliphatic heterocycles. The van der Waals surface area contributed by atoms with Crippen molar-refractivity contribution in [1.29, 1.82) is 0 Å². The molecule has 0 saturated heterocycles. The molecule has 7 heteroatoms. The van der Waals surface area contributed by atoms with Gasteiger partial charge in [0.15, 0.2) is 0 Å². The van der Waals surface area contributed by atoms with E-state index in [1.165, 1.54) is 4.90 Å². The number of likely N-dealkylation sites (N-methyl/N-ethyl adjacent to an activating group) is 1. The Morgan fingerprint density at radius 3 is 2.22 bits per heavy atom. The van der Waals surface area contributed by atoms with E-state index >= 15 is 0 Å². The number of hydrogen-bond acceptors (Lipinski definition) is 4. The van der Waals surface area contributed by atoms with Crippen LogP contribution in [0.1, 0.15) is 22.8 Å². The molecule has 37 heavy (non-hydrogen) atoms. The SMILES string of the molecule is CN1C(=O)[C@@H](NC(=O)C(Oc2ccc(Cl)cc2)c2ccccc2)N=C(c2ccccc2)c2ccccc21. The number of carbonyl (C=O) groups excluding carboxylic acids is 2. The summed E-state index contributed by atoms with van der Waals surface area (Å²) in [5.74, 6) is -0.376. The summed E-state index contributed by atoms with van der Waals surface area (Å²) in [6.07, 6.45) is -2.17. The average molecular weight is 510 g/mol. The molecule has 4 aromatic rings. The Morgan fingerprint density at radius 1 is 0.892 bits per heavy atom. The van der Waals surface area contributed by atoms with Gasteiger partial charge in [0, 0.05) is 28.8 Å². The zero-order chi connectivity index (χ0) is 25.8. The Labute approximate surface area is 220 Å². The molecule has 2 amide bonds. The highest BCUT2D eigenvalue weighted by Crippen LogP contribution is 2.28. The molecule has 1 aliphatic rings. The topological polar surface area (TPSA) is 71.0 Å². The molecule has 184 valence electrons. The van der Waals surface area contributed by atoms with E-state index in [-0.39, 0.29) is 5.91 Å². The van der Waals surface area contributed by atoms with Crippen molar-refractivity contribution >= 4 is 34.8 Å². The fourth-order valence-corrected chi connectivity index (χ4v) is 4.33. The zero-order valence-corrected chi connectivity index (χ0v) is 20.8. The average Bonchev–Trinajstić information content (AvgIpc) is 3.04. The third-order valence-electron chi connectivity index (χ3n) is 6.08. The molecule has 1 unspecified atom stereocenters. The molecule has 0 radical (unpaired) electrons. The Kier molecular flexibility index (Phi) is 7.01. The molecule has 0 bridgehead atoms. The maximum atomic E-state index is 13.7. The summed E-state index contributed by atoms with van der Waals surface area (Å²) >= 11 is 6.01. The minimum absolute atomic E-state index is 0.356. The second-order valence-corrected chi connectivity index (χ2v) is 8.97. The van der Waals surface area contributed by atoms with Crippen molar-refractivity contribution in [2.24, 2.45) is 4.99 Å². The Hall–Kier alpha value is -4.42. The van der Waals surface area contributed by atoms with Crippen LogP contribution in [0, 0.1) is 0 Å². The first kappa shape index (κ1) is 24.3. The highest BCUT2D eigenvalue weighted by atomic mass is 35.5. The molecule has 6 nitrogen and oxygen atoms in total. The molecule has 0 saturated carbocycles. The summed E-state index contributed by atoms with van der Waals surface area (Å²) in [7, 11) is 1.68. The predicted molar refractivity (Wildman–Crippen MR) is 145 cm³/mol. The van der Waals surface area contributed by atoms with E-state index < -0.39 is 18.2 Å². The minimum atomic E-state index is -1.15. The molecule has 0 fully saturated rings. The van der Waals surface area contributed by atoms with Gasteiger partial charge in [-0.3, -0.25) is 9.59 Å². The van der Waals surface area contributed by atoms with Crippen LogP contribution in [0.5, 0.6) is 5.75 Å². The molecule has 2 atom stereocenters. The quantitative estimate of drug-likeness (QED) is 0.377. The van der Waals surface area contributed by atoms with Gasteiger partial charge in [0.05, 0.1) is 11.4 Å². The van der Waals surface area contributed by atoms with Gasteiger partial charge >= 0.3 is 0 Å². The van der Waals surface area contributed by atoms with E-state index in [0.717, 1.165) is 11.1 Å². The number of anilines is 1. The van der Waals surface area contributed by atoms with Crippen LogP contribution in [0.3, 0.4) is 0 Å². The van der Waals surface area contributed by atoms with Crippen LogP contribution in [0.25, 0.3) is 0 Å². The fourth-order valence-electron chi connectivity index (χ4n) is 4.20. The van der Waals surface area contributed by atoms with Gasteiger partial charge in [0.25, 0.3) is 11.8 Å². The molecule has 0 aromatic heterocycles. The van der Waals surface area contributed by atoms with Gasteiger partial charge in [-0.2, -0.15) is 0 Å². The summed E-state index contributed by atoms with van der Waals surface area (Å²) in [6.45, 7) is 0. The highest BCUT2D eigenvalue weighted by molar-refractivity contribution is 6.30. The summed E-state index contributed by atoms with van der Waals surface area (Å²) in [6, 6.07) is 33.0. The maximum absolute atomic E-state index is 13.7. The van der Waals surface area contributed by atoms with E-state index in [1.54, 1.807) is 43.4 Å². The first-order chi connectivity index (χ1) is 18.0. The standard InChI is InChI=1S/C30H24ClN3O3/c1-34-25-15-9-8-14-24(25)26(20-10-4-2-5-11-20)32-28(30(34)36)33-29(35)27(21-12-6-3-7-13-21)37-23-18-16-22(31)17-19-23/h2-19,27-28H,1H3,(H,33,35)/t27?,28-/m1/s1. The fraction of sp³-hybridized carbons (Fsp3) is 0.100. The molecule has 0 spiro atoms. The van der Waals surface area contributed by atoms with Crippen LogP contribution in [0.4, 0.5) is 5.69 Å². The molecule has 1 N–H and O–H groups in total. The number of benzodiazepines with no additional fused rings is 1. The van der Waals surface area contributed by atoms with Crippen molar-refractivity contribution in [2.75, 3.05) is 11.9 Å². The van der Waals surface area contributed by atoms with Crippen LogP contribution >= 0.6 is 11.6 Å². The van der Waals surface area contributed by atoms with Crippen LogP contribution < -0.4 is 15.0 Å². The summed E-state index contributed by atoms with van der Waals surface area (Å²) in [5, 5.41) is 3.39. The van der Waals surface area contributed by atoms with Crippen molar-refractivity contribution in [2.45, 2.75) is 12.3 Å². The highest BCUT2D eigenvalue weighted by Gasteiger charge is 2.33. The number of fused-ring (bicyclic) bond motifs is 1. The molecule has 0 aliphatic carbocycles. The number of halogens is 1. The van der Waals surface area contributed by atoms with Crippen molar-refractivity contribution in [3.8, 4) is 5.75 Å². The number of carbonyl (C=O) groups is 2. The number of nitrogens with zero attached hydrogens (tertiary/aromatic N) is 2. The van der Waals surface area contributed by atoms with Gasteiger partial charge in [0.2, 0.25) is 12.3 Å². The second-order valence-electron chi connectivity index (χ2n) is 8.53. The number of amides is 2. The normalized spacial score (nSPS) is 15.7. The number of aliphatic imine (C=N–C) groups is 1. The van der Waals surface area contributed by atoms with Crippen LogP contribution in [0.15, 0.2) is 114 Å². The number of hydrogen-bond donors (Lipinski definition) is 1. The van der Waals surface area contributed by atoms with Crippen LogP contribution in [0.2, 0.25) is 5.02 Å². The van der Waals surface area contributed by atoms with Crippen molar-refractivity contribution in [1.82, 2.24) is 5.32 Å². The minimum Gasteiger partial charge on any atom is -0.476 e. The summed E-state index contributed by atoms with van der Waals surface area (Å²) < 4.78 is 6.08. The van der Waals surface area contributed by atoms with Gasteiger partial charge in [-0.1, -0.05) is 90.5 Å². The Morgan fingerprint density at radius 2 is 1.51 bits per heavy atom. The van der Waals surface area contributed by atoms with Gasteiger partial charge in [-0.05, 0) is 30.3 Å². The lowest BCUT2D eigenvalue weighted by Crippen LogP contribution is -2.48. The van der Waals surface area contributed by atoms with E-state index in [1.807, 2.05) is 72.8 Å². The lowest BCUT2D eigenvalue weighted by Gasteiger charge is -2.23. The third-order valence-corrected chi connectivity index (χ3v) is 6.33. The van der Waals surface area contributed by atoms with E-state index in [0.29, 0.717) is 27.7 Å². The first-order valence-corrected chi connectivity index (χ1v) is 12.2. The second kappa shape index (κ2) is 10.7. The number of nitrogens with one attached hydrogen (secondary N) is 1. The van der Waals surface area contributed by atoms with Gasteiger partial charge < -0.3 is 15.0 Å². The molecular formula is C30H24ClN3O3. The first-order valence-electron chi connectivity index (χ1n) is 11.8. The van der Waals surface area contributed by atoms with Gasteiger partial charge in [0.1, 0.15) is 5.75 Å². The number of ether oxygens (including phenoxy) is 1. The smallest absolute Gasteiger partial charge is 0.272 e. The summed E-state index contributed by atoms with van der Waals surface area (Å²) in [4.78, 5) is 33.5. The lowest BCUT2D eigenvalue weighted by molar-refractivity contribution is -0.132. The van der Waals surface area contributed by atoms with E-state index in [9.17, 15) is 9.59 Å². The predicted octanol–water partition coefficient (Wildman–Crippen LogP) is 5.42. The van der Waals surface area contributed by atoms with E-state index in [4.69, 9.17) is 21.3 Å². The van der Waals surface area contributed by atoms with Crippen molar-refractivity contribution < 1.29 is 14.3 Å². The Bertz CT molecular complexity index is 1440.